The van der Waals surface area contributed by atoms with Crippen LogP contribution in [0.4, 0.5) is 0 Å². The summed E-state index contributed by atoms with van der Waals surface area (Å²) in [5.41, 5.74) is 0.439. The van der Waals surface area contributed by atoms with Gasteiger partial charge in [-0.2, -0.15) is 0 Å². The molecule has 1 fully saturated rings. The Morgan fingerprint density at radius 1 is 1.53 bits per heavy atom. The third-order valence-corrected chi connectivity index (χ3v) is 3.19. The first kappa shape index (κ1) is 14.5. The second-order valence-electron chi connectivity index (χ2n) is 4.02. The van der Waals surface area contributed by atoms with Gasteiger partial charge in [0.2, 0.25) is 6.29 Å². The van der Waals surface area contributed by atoms with Gasteiger partial charge in [0, 0.05) is 25.0 Å². The van der Waals surface area contributed by atoms with E-state index >= 15 is 0 Å². The smallest absolute Gasteiger partial charge is 0.333 e. The molecule has 0 aliphatic carbocycles. The molecule has 0 bridgehead atoms. The molecule has 0 saturated carbocycles. The Kier molecular flexibility index (Phi) is 7.32. The van der Waals surface area contributed by atoms with Crippen LogP contribution >= 0.6 is 0 Å². The summed E-state index contributed by atoms with van der Waals surface area (Å²) in [5, 5.41) is 0. The molecule has 0 aromatic carbocycles. The Morgan fingerprint density at radius 3 is 3.00 bits per heavy atom. The van der Waals surface area contributed by atoms with E-state index in [1.165, 1.54) is 6.42 Å². The van der Waals surface area contributed by atoms with Crippen molar-refractivity contribution in [1.29, 1.82) is 0 Å². The van der Waals surface area contributed by atoms with E-state index in [9.17, 15) is 4.79 Å². The van der Waals surface area contributed by atoms with E-state index < -0.39 is 0 Å². The molecule has 1 saturated heterocycles. The molecule has 1 aliphatic rings. The highest BCUT2D eigenvalue weighted by Gasteiger charge is 2.18. The van der Waals surface area contributed by atoms with Crippen molar-refractivity contribution in [3.8, 4) is 0 Å². The molecule has 0 spiro atoms. The summed E-state index contributed by atoms with van der Waals surface area (Å²) in [6, 6.07) is 0. The summed E-state index contributed by atoms with van der Waals surface area (Å²) in [6.07, 6.45) is 4.05. The molecule has 1 unspecified atom stereocenters. The van der Waals surface area contributed by atoms with E-state index in [4.69, 9.17) is 13.7 Å². The lowest BCUT2D eigenvalue weighted by molar-refractivity contribution is -0.138. The Bertz CT molecular complexity index is 249. The molecule has 1 heterocycles. The monoisotopic (exact) mass is 261 g/mol. The maximum atomic E-state index is 11.0. The van der Waals surface area contributed by atoms with Crippen molar-refractivity contribution in [3.63, 3.8) is 0 Å². The first-order valence-corrected chi connectivity index (χ1v) is 6.97. The topological polar surface area (TPSA) is 44.8 Å². The SMILES string of the molecule is C=C(C)C(=O)OCCC[SH+]OC1CCCCO1. The predicted octanol–water partition coefficient (Wildman–Crippen LogP) is 1.77. The van der Waals surface area contributed by atoms with Crippen LogP contribution in [0.3, 0.4) is 0 Å². The normalized spacial score (nSPS) is 19.9. The van der Waals surface area contributed by atoms with E-state index in [2.05, 4.69) is 6.58 Å². The quantitative estimate of drug-likeness (QED) is 0.230. The zero-order chi connectivity index (χ0) is 12.5. The molecule has 0 amide bonds. The number of rotatable bonds is 7. The van der Waals surface area contributed by atoms with Crippen LogP contribution in [0.5, 0.6) is 0 Å². The highest BCUT2D eigenvalue weighted by molar-refractivity contribution is 7.73. The van der Waals surface area contributed by atoms with Gasteiger partial charge in [-0.3, -0.25) is 0 Å². The minimum Gasteiger partial charge on any atom is -0.462 e. The summed E-state index contributed by atoms with van der Waals surface area (Å²) in [6.45, 7) is 6.38. The lowest BCUT2D eigenvalue weighted by Gasteiger charge is -2.17. The van der Waals surface area contributed by atoms with Crippen molar-refractivity contribution in [2.24, 2.45) is 0 Å². The Hall–Kier alpha value is -0.520. The van der Waals surface area contributed by atoms with Gasteiger partial charge in [0.05, 0.1) is 6.61 Å². The van der Waals surface area contributed by atoms with Gasteiger partial charge in [-0.15, -0.1) is 4.18 Å². The van der Waals surface area contributed by atoms with E-state index in [0.29, 0.717) is 12.2 Å². The largest absolute Gasteiger partial charge is 0.462 e. The summed E-state index contributed by atoms with van der Waals surface area (Å²) in [4.78, 5) is 11.0. The highest BCUT2D eigenvalue weighted by atomic mass is 32.2. The van der Waals surface area contributed by atoms with Crippen LogP contribution in [0, 0.1) is 0 Å². The third-order valence-electron chi connectivity index (χ3n) is 2.31. The van der Waals surface area contributed by atoms with Crippen molar-refractivity contribution in [2.75, 3.05) is 19.0 Å². The van der Waals surface area contributed by atoms with Gasteiger partial charge in [0.25, 0.3) is 0 Å². The van der Waals surface area contributed by atoms with Crippen molar-refractivity contribution in [2.45, 2.75) is 38.9 Å². The van der Waals surface area contributed by atoms with E-state index in [1.54, 1.807) is 6.92 Å². The van der Waals surface area contributed by atoms with Crippen molar-refractivity contribution in [1.82, 2.24) is 0 Å². The van der Waals surface area contributed by atoms with Crippen LogP contribution in [0.25, 0.3) is 0 Å². The Morgan fingerprint density at radius 2 is 2.35 bits per heavy atom. The van der Waals surface area contributed by atoms with Gasteiger partial charge >= 0.3 is 5.97 Å². The Labute approximate surface area is 107 Å². The van der Waals surface area contributed by atoms with E-state index in [1.807, 2.05) is 0 Å². The van der Waals surface area contributed by atoms with E-state index in [-0.39, 0.29) is 12.3 Å². The number of ether oxygens (including phenoxy) is 2. The van der Waals surface area contributed by atoms with Gasteiger partial charge in [0.1, 0.15) is 17.8 Å². The number of carbonyl (C=O) groups excluding carboxylic acids is 1. The molecule has 0 radical (unpaired) electrons. The molecule has 4 nitrogen and oxygen atoms in total. The van der Waals surface area contributed by atoms with E-state index in [0.717, 1.165) is 43.7 Å². The molecule has 0 N–H and O–H groups in total. The number of thiol groups is 1. The molecule has 1 aliphatic heterocycles. The molecule has 0 aromatic heterocycles. The van der Waals surface area contributed by atoms with Crippen molar-refractivity contribution >= 4 is 18.0 Å². The average Bonchev–Trinajstić information content (AvgIpc) is 2.34. The minimum atomic E-state index is -0.321. The maximum absolute atomic E-state index is 11.0. The van der Waals surface area contributed by atoms with Crippen molar-refractivity contribution < 1.29 is 18.5 Å². The highest BCUT2D eigenvalue weighted by Crippen LogP contribution is 2.13. The molecule has 0 aromatic rings. The fraction of sp³-hybridized carbons (Fsp3) is 0.750. The summed E-state index contributed by atoms with van der Waals surface area (Å²) in [5.74, 6) is 0.529. The van der Waals surface area contributed by atoms with Crippen LogP contribution < -0.4 is 0 Å². The molecule has 98 valence electrons. The third kappa shape index (κ3) is 6.71. The van der Waals surface area contributed by atoms with Crippen LogP contribution in [0.1, 0.15) is 32.6 Å². The standard InChI is InChI=1S/C12H20O4S/c1-10(2)12(13)15-8-5-9-17-16-11-6-3-4-7-14-11/h11H,1,3-9H2,2H3/p+1. The summed E-state index contributed by atoms with van der Waals surface area (Å²) >= 11 is 0.902. The second-order valence-corrected chi connectivity index (χ2v) is 4.94. The lowest BCUT2D eigenvalue weighted by atomic mass is 10.2. The maximum Gasteiger partial charge on any atom is 0.333 e. The zero-order valence-corrected chi connectivity index (χ0v) is 11.2. The summed E-state index contributed by atoms with van der Waals surface area (Å²) < 4.78 is 15.9. The average molecular weight is 261 g/mol. The van der Waals surface area contributed by atoms with Gasteiger partial charge in [-0.25, -0.2) is 4.79 Å². The molecule has 1 atom stereocenters. The number of carbonyl (C=O) groups is 1. The molecular weight excluding hydrogens is 240 g/mol. The fourth-order valence-electron chi connectivity index (χ4n) is 1.35. The predicted molar refractivity (Wildman–Crippen MR) is 68.7 cm³/mol. The Balaban J connectivity index is 1.90. The second kappa shape index (κ2) is 8.55. The molecule has 1 rings (SSSR count). The van der Waals surface area contributed by atoms with Gasteiger partial charge < -0.3 is 9.47 Å². The number of hydrogen-bond donors (Lipinski definition) is 0. The van der Waals surface area contributed by atoms with Crippen LogP contribution in [0.15, 0.2) is 12.2 Å². The van der Waals surface area contributed by atoms with Crippen LogP contribution in [-0.4, -0.2) is 31.2 Å². The van der Waals surface area contributed by atoms with Gasteiger partial charge in [-0.1, -0.05) is 6.58 Å². The number of hydrogen-bond acceptors (Lipinski definition) is 4. The van der Waals surface area contributed by atoms with Gasteiger partial charge in [-0.05, 0) is 19.8 Å². The van der Waals surface area contributed by atoms with Crippen LogP contribution in [-0.2, 0) is 30.5 Å². The van der Waals surface area contributed by atoms with Gasteiger partial charge in [0.15, 0.2) is 0 Å². The lowest BCUT2D eigenvalue weighted by Crippen LogP contribution is -2.22. The first-order valence-electron chi connectivity index (χ1n) is 5.97. The minimum absolute atomic E-state index is 0.0385. The van der Waals surface area contributed by atoms with Crippen LogP contribution in [0.2, 0.25) is 0 Å². The number of esters is 1. The first-order chi connectivity index (χ1) is 8.20. The zero-order valence-electron chi connectivity index (χ0n) is 10.3. The fourth-order valence-corrected chi connectivity index (χ4v) is 2.04. The van der Waals surface area contributed by atoms with Crippen molar-refractivity contribution in [3.05, 3.63) is 12.2 Å². The molecular formula is C12H21O4S+. The molecule has 5 heteroatoms. The summed E-state index contributed by atoms with van der Waals surface area (Å²) in [7, 11) is 0. The molecule has 17 heavy (non-hydrogen) atoms.